The molecule has 0 bridgehead atoms. The lowest BCUT2D eigenvalue weighted by atomic mass is 9.87. The van der Waals surface area contributed by atoms with Gasteiger partial charge in [0.15, 0.2) is 0 Å². The average Bonchev–Trinajstić information content (AvgIpc) is 2.91. The van der Waals surface area contributed by atoms with Crippen molar-refractivity contribution in [2.45, 2.75) is 18.7 Å². The highest BCUT2D eigenvalue weighted by Gasteiger charge is 2.57. The van der Waals surface area contributed by atoms with Crippen LogP contribution >= 0.6 is 11.6 Å². The Morgan fingerprint density at radius 2 is 1.90 bits per heavy atom. The van der Waals surface area contributed by atoms with Crippen LogP contribution in [0.3, 0.4) is 0 Å². The molecule has 2 heterocycles. The first kappa shape index (κ1) is 22.0. The largest absolute Gasteiger partial charge is 0.465 e. The van der Waals surface area contributed by atoms with Crippen molar-refractivity contribution in [3.63, 3.8) is 0 Å². The maximum Gasteiger partial charge on any atom is 0.411 e. The molecule has 30 heavy (non-hydrogen) atoms. The number of alkyl halides is 3. The third-order valence-corrected chi connectivity index (χ3v) is 4.64. The summed E-state index contributed by atoms with van der Waals surface area (Å²) in [6.07, 6.45) is -3.55. The number of ether oxygens (including phenoxy) is 2. The number of amides is 1. The van der Waals surface area contributed by atoms with E-state index >= 15 is 0 Å². The topological polar surface area (TPSA) is 68.7 Å². The molecule has 0 fully saturated rings. The van der Waals surface area contributed by atoms with E-state index in [0.717, 1.165) is 29.2 Å². The van der Waals surface area contributed by atoms with Crippen molar-refractivity contribution >= 4 is 29.3 Å². The van der Waals surface area contributed by atoms with Crippen molar-refractivity contribution in [3.8, 4) is 0 Å². The number of pyridine rings is 1. The number of hydrogen-bond acceptors (Lipinski definition) is 5. The van der Waals surface area contributed by atoms with E-state index in [1.807, 2.05) is 0 Å². The van der Waals surface area contributed by atoms with Crippen LogP contribution in [-0.4, -0.2) is 42.8 Å². The minimum absolute atomic E-state index is 0.0321. The number of anilines is 1. The lowest BCUT2D eigenvalue weighted by Crippen LogP contribution is -2.46. The molecule has 1 aliphatic heterocycles. The Bertz CT molecular complexity index is 968. The zero-order valence-corrected chi connectivity index (χ0v) is 16.3. The molecule has 0 N–H and O–H groups in total. The van der Waals surface area contributed by atoms with Crippen molar-refractivity contribution in [2.24, 2.45) is 0 Å². The molecule has 1 aliphatic rings. The summed E-state index contributed by atoms with van der Waals surface area (Å²) in [4.78, 5) is 30.3. The van der Waals surface area contributed by atoms with Gasteiger partial charge >= 0.3 is 12.1 Å². The fourth-order valence-corrected chi connectivity index (χ4v) is 3.47. The third-order valence-electron chi connectivity index (χ3n) is 4.33. The van der Waals surface area contributed by atoms with Gasteiger partial charge in [0.1, 0.15) is 24.8 Å². The summed E-state index contributed by atoms with van der Waals surface area (Å²) in [6, 6.07) is 5.45. The fourth-order valence-electron chi connectivity index (χ4n) is 3.19. The van der Waals surface area contributed by atoms with E-state index in [2.05, 4.69) is 4.98 Å². The second-order valence-corrected chi connectivity index (χ2v) is 6.69. The maximum atomic E-state index is 13.5. The minimum atomic E-state index is -4.78. The van der Waals surface area contributed by atoms with Gasteiger partial charge in [-0.2, -0.15) is 13.2 Å². The number of carbonyl (C=O) groups excluding carboxylic acids is 2. The standard InChI is InChI=1S/C19H15ClF4N2O4/c1-2-29-14(27)9-26-16-15(13(20)7-8-25-16)19(17(26)28,30-10-18(22,23)24)11-3-5-12(21)6-4-11/h3-8H,2,9-10H2,1H3. The van der Waals surface area contributed by atoms with Crippen molar-refractivity contribution in [1.82, 2.24) is 4.98 Å². The van der Waals surface area contributed by atoms with Crippen LogP contribution in [0.25, 0.3) is 0 Å². The van der Waals surface area contributed by atoms with E-state index in [9.17, 15) is 27.2 Å². The Hall–Kier alpha value is -2.72. The lowest BCUT2D eigenvalue weighted by Gasteiger charge is -2.30. The van der Waals surface area contributed by atoms with E-state index in [-0.39, 0.29) is 28.6 Å². The van der Waals surface area contributed by atoms with Gasteiger partial charge in [0.25, 0.3) is 5.91 Å². The molecule has 11 heteroatoms. The zero-order valence-electron chi connectivity index (χ0n) is 15.5. The summed E-state index contributed by atoms with van der Waals surface area (Å²) >= 11 is 6.24. The van der Waals surface area contributed by atoms with Gasteiger partial charge in [-0.1, -0.05) is 23.7 Å². The molecule has 0 spiro atoms. The number of aromatic nitrogens is 1. The number of rotatable bonds is 6. The molecule has 0 saturated carbocycles. The number of fused-ring (bicyclic) bond motifs is 1. The predicted molar refractivity (Wildman–Crippen MR) is 97.4 cm³/mol. The number of benzene rings is 1. The quantitative estimate of drug-likeness (QED) is 0.501. The number of esters is 1. The van der Waals surface area contributed by atoms with Crippen LogP contribution in [-0.2, 0) is 24.7 Å². The predicted octanol–water partition coefficient (Wildman–Crippen LogP) is 3.61. The minimum Gasteiger partial charge on any atom is -0.465 e. The number of carbonyl (C=O) groups is 2. The van der Waals surface area contributed by atoms with Gasteiger partial charge in [0.05, 0.1) is 17.2 Å². The van der Waals surface area contributed by atoms with Crippen LogP contribution in [0, 0.1) is 5.82 Å². The second kappa shape index (κ2) is 8.19. The average molecular weight is 447 g/mol. The summed E-state index contributed by atoms with van der Waals surface area (Å²) in [5.41, 5.74) is -2.64. The fraction of sp³-hybridized carbons (Fsp3) is 0.316. The summed E-state index contributed by atoms with van der Waals surface area (Å²) in [7, 11) is 0. The molecule has 0 radical (unpaired) electrons. The molecule has 0 aliphatic carbocycles. The normalized spacial score (nSPS) is 18.5. The van der Waals surface area contributed by atoms with Crippen LogP contribution in [0.4, 0.5) is 23.4 Å². The van der Waals surface area contributed by atoms with Crippen LogP contribution < -0.4 is 4.90 Å². The second-order valence-electron chi connectivity index (χ2n) is 6.28. The Labute approximate surface area is 173 Å². The van der Waals surface area contributed by atoms with E-state index in [1.165, 1.54) is 12.3 Å². The molecule has 2 aromatic rings. The van der Waals surface area contributed by atoms with Gasteiger partial charge in [-0.25, -0.2) is 9.37 Å². The zero-order chi connectivity index (χ0) is 22.1. The lowest BCUT2D eigenvalue weighted by molar-refractivity contribution is -0.200. The number of hydrogen-bond donors (Lipinski definition) is 0. The van der Waals surface area contributed by atoms with E-state index in [0.29, 0.717) is 0 Å². The molecule has 3 rings (SSSR count). The first-order chi connectivity index (χ1) is 14.1. The van der Waals surface area contributed by atoms with Gasteiger partial charge in [0, 0.05) is 6.20 Å². The van der Waals surface area contributed by atoms with Crippen LogP contribution in [0.15, 0.2) is 36.5 Å². The van der Waals surface area contributed by atoms with E-state index in [4.69, 9.17) is 21.1 Å². The third kappa shape index (κ3) is 3.97. The van der Waals surface area contributed by atoms with Gasteiger partial charge in [0.2, 0.25) is 5.60 Å². The Morgan fingerprint density at radius 3 is 2.50 bits per heavy atom. The summed E-state index contributed by atoms with van der Waals surface area (Å²) in [5.74, 6) is -2.64. The van der Waals surface area contributed by atoms with Crippen molar-refractivity contribution in [1.29, 1.82) is 0 Å². The molecular formula is C19H15ClF4N2O4. The van der Waals surface area contributed by atoms with Crippen molar-refractivity contribution in [2.75, 3.05) is 24.7 Å². The van der Waals surface area contributed by atoms with Gasteiger partial charge in [-0.3, -0.25) is 14.5 Å². The SMILES string of the molecule is CCOC(=O)CN1C(=O)C(OCC(F)(F)F)(c2ccc(F)cc2)c2c(Cl)ccnc21. The summed E-state index contributed by atoms with van der Waals surface area (Å²) in [5, 5.41) is -0.105. The molecule has 1 unspecified atom stereocenters. The highest BCUT2D eigenvalue weighted by atomic mass is 35.5. The highest BCUT2D eigenvalue weighted by molar-refractivity contribution is 6.33. The van der Waals surface area contributed by atoms with Gasteiger partial charge in [-0.15, -0.1) is 0 Å². The number of nitrogens with zero attached hydrogens (tertiary/aromatic N) is 2. The highest BCUT2D eigenvalue weighted by Crippen LogP contribution is 2.49. The van der Waals surface area contributed by atoms with Crippen molar-refractivity contribution < 1.29 is 36.6 Å². The van der Waals surface area contributed by atoms with Crippen LogP contribution in [0.5, 0.6) is 0 Å². The van der Waals surface area contributed by atoms with Crippen LogP contribution in [0.1, 0.15) is 18.1 Å². The molecular weight excluding hydrogens is 432 g/mol. The molecule has 160 valence electrons. The van der Waals surface area contributed by atoms with Gasteiger partial charge in [-0.05, 0) is 30.7 Å². The molecule has 0 saturated heterocycles. The summed E-state index contributed by atoms with van der Waals surface area (Å²) in [6.45, 7) is -0.828. The van der Waals surface area contributed by atoms with Crippen LogP contribution in [0.2, 0.25) is 5.02 Å². The van der Waals surface area contributed by atoms with E-state index < -0.39 is 42.6 Å². The smallest absolute Gasteiger partial charge is 0.411 e. The molecule has 6 nitrogen and oxygen atoms in total. The molecule has 1 atom stereocenters. The molecule has 1 aromatic carbocycles. The molecule has 1 aromatic heterocycles. The maximum absolute atomic E-state index is 13.5. The first-order valence-corrected chi connectivity index (χ1v) is 9.07. The molecule has 1 amide bonds. The summed E-state index contributed by atoms with van der Waals surface area (Å²) < 4.78 is 62.6. The van der Waals surface area contributed by atoms with Gasteiger partial charge < -0.3 is 9.47 Å². The van der Waals surface area contributed by atoms with E-state index in [1.54, 1.807) is 6.92 Å². The Kier molecular flexibility index (Phi) is 6.00. The first-order valence-electron chi connectivity index (χ1n) is 8.69. The van der Waals surface area contributed by atoms with Crippen molar-refractivity contribution in [3.05, 3.63) is 58.5 Å². The monoisotopic (exact) mass is 446 g/mol. The Balaban J connectivity index is 2.21. The number of halogens is 5. The Morgan fingerprint density at radius 1 is 1.23 bits per heavy atom.